The summed E-state index contributed by atoms with van der Waals surface area (Å²) in [6.07, 6.45) is 7.97. The Morgan fingerprint density at radius 2 is 2.00 bits per heavy atom. The summed E-state index contributed by atoms with van der Waals surface area (Å²) >= 11 is 6.17. The Labute approximate surface area is 162 Å². The third-order valence-electron chi connectivity index (χ3n) is 5.33. The van der Waals surface area contributed by atoms with Gasteiger partial charge in [-0.2, -0.15) is 0 Å². The van der Waals surface area contributed by atoms with Crippen LogP contribution >= 0.6 is 11.6 Å². The maximum Gasteiger partial charge on any atom is 0.240 e. The molecule has 0 radical (unpaired) electrons. The molecule has 1 aromatic heterocycles. The Morgan fingerprint density at radius 1 is 1.23 bits per heavy atom. The Hall–Kier alpha value is -1.74. The molecular weight excluding hydrogens is 344 g/mol. The van der Waals surface area contributed by atoms with Gasteiger partial charge in [0.15, 0.2) is 0 Å². The fourth-order valence-corrected chi connectivity index (χ4v) is 4.06. The van der Waals surface area contributed by atoms with E-state index in [9.17, 15) is 4.79 Å². The van der Waals surface area contributed by atoms with Gasteiger partial charge in [0.1, 0.15) is 5.38 Å². The highest BCUT2D eigenvalue weighted by Crippen LogP contribution is 2.26. The first kappa shape index (κ1) is 19.0. The molecule has 140 valence electrons. The molecule has 3 nitrogen and oxygen atoms in total. The summed E-state index contributed by atoms with van der Waals surface area (Å²) in [5.74, 6) is 0.0573. The molecule has 1 aromatic carbocycles. The Balaban J connectivity index is 1.78. The van der Waals surface area contributed by atoms with Crippen LogP contribution in [0, 0.1) is 6.92 Å². The van der Waals surface area contributed by atoms with Crippen molar-refractivity contribution in [3.8, 4) is 0 Å². The van der Waals surface area contributed by atoms with E-state index in [1.165, 1.54) is 36.1 Å². The maximum absolute atomic E-state index is 12.8. The fraction of sp³-hybridized carbons (Fsp3) is 0.500. The van der Waals surface area contributed by atoms with Crippen molar-refractivity contribution in [1.29, 1.82) is 0 Å². The first-order valence-electron chi connectivity index (χ1n) is 9.68. The number of carbonyl (C=O) groups is 1. The van der Waals surface area contributed by atoms with Crippen LogP contribution in [0.1, 0.15) is 55.8 Å². The molecule has 1 amide bonds. The van der Waals surface area contributed by atoms with Gasteiger partial charge in [-0.15, -0.1) is 11.6 Å². The van der Waals surface area contributed by atoms with Gasteiger partial charge in [0, 0.05) is 24.5 Å². The first-order chi connectivity index (χ1) is 12.5. The third kappa shape index (κ3) is 4.70. The molecule has 26 heavy (non-hydrogen) atoms. The lowest BCUT2D eigenvalue weighted by molar-refractivity contribution is -0.134. The lowest BCUT2D eigenvalue weighted by Crippen LogP contribution is -2.44. The Kier molecular flexibility index (Phi) is 6.42. The molecule has 1 aliphatic rings. The molecule has 0 bridgehead atoms. The van der Waals surface area contributed by atoms with Gasteiger partial charge in [0.25, 0.3) is 0 Å². The molecule has 4 heteroatoms. The summed E-state index contributed by atoms with van der Waals surface area (Å²) < 4.78 is 2.25. The van der Waals surface area contributed by atoms with Crippen molar-refractivity contribution < 1.29 is 4.79 Å². The lowest BCUT2D eigenvalue weighted by atomic mass is 9.94. The molecule has 0 saturated heterocycles. The van der Waals surface area contributed by atoms with Gasteiger partial charge in [-0.1, -0.05) is 49.1 Å². The van der Waals surface area contributed by atoms with Gasteiger partial charge in [-0.25, -0.2) is 0 Å². The number of hydrogen-bond donors (Lipinski definition) is 0. The van der Waals surface area contributed by atoms with Crippen LogP contribution in [-0.4, -0.2) is 26.8 Å². The van der Waals surface area contributed by atoms with Crippen LogP contribution in [0.3, 0.4) is 0 Å². The highest BCUT2D eigenvalue weighted by Gasteiger charge is 2.28. The summed E-state index contributed by atoms with van der Waals surface area (Å²) in [5, 5.41) is -0.475. The van der Waals surface area contributed by atoms with E-state index in [-0.39, 0.29) is 5.91 Å². The molecule has 0 unspecified atom stereocenters. The number of halogens is 1. The largest absolute Gasteiger partial charge is 0.345 e. The van der Waals surface area contributed by atoms with Crippen molar-refractivity contribution in [2.45, 2.75) is 70.5 Å². The molecular formula is C22H29ClN2O. The van der Waals surface area contributed by atoms with Crippen molar-refractivity contribution in [2.75, 3.05) is 0 Å². The summed E-state index contributed by atoms with van der Waals surface area (Å²) in [6.45, 7) is 5.36. The number of rotatable bonds is 6. The smallest absolute Gasteiger partial charge is 0.240 e. The van der Waals surface area contributed by atoms with Gasteiger partial charge in [-0.05, 0) is 44.4 Å². The van der Waals surface area contributed by atoms with Crippen LogP contribution in [0.5, 0.6) is 0 Å². The zero-order valence-corrected chi connectivity index (χ0v) is 16.6. The van der Waals surface area contributed by atoms with Crippen molar-refractivity contribution in [3.63, 3.8) is 0 Å². The number of carbonyl (C=O) groups excluding carboxylic acids is 1. The molecule has 0 spiro atoms. The Bertz CT molecular complexity index is 731. The Morgan fingerprint density at radius 3 is 2.69 bits per heavy atom. The van der Waals surface area contributed by atoms with E-state index in [0.29, 0.717) is 12.6 Å². The normalized spacial score (nSPS) is 16.4. The maximum atomic E-state index is 12.8. The second-order valence-corrected chi connectivity index (χ2v) is 8.15. The molecule has 1 heterocycles. The van der Waals surface area contributed by atoms with Crippen LogP contribution in [0.2, 0.25) is 0 Å². The second-order valence-electron chi connectivity index (χ2n) is 7.49. The number of hydrogen-bond acceptors (Lipinski definition) is 1. The van der Waals surface area contributed by atoms with Gasteiger partial charge >= 0.3 is 0 Å². The van der Waals surface area contributed by atoms with Crippen molar-refractivity contribution in [2.24, 2.45) is 0 Å². The molecule has 1 atom stereocenters. The van der Waals surface area contributed by atoms with Gasteiger partial charge < -0.3 is 9.47 Å². The van der Waals surface area contributed by atoms with Crippen LogP contribution in [0.4, 0.5) is 0 Å². The van der Waals surface area contributed by atoms with E-state index >= 15 is 0 Å². The number of alkyl halides is 1. The molecule has 0 N–H and O–H groups in total. The standard InChI is InChI=1S/C22H29ClN2O/c1-17-8-6-9-19(14-17)15-24-13-7-12-21(24)16-25(22(26)18(2)23)20-10-4-3-5-11-20/h6-9,12-14,18,20H,3-5,10-11,15-16H2,1-2H3/t18-/m0/s1. The minimum atomic E-state index is -0.475. The minimum absolute atomic E-state index is 0.0573. The highest BCUT2D eigenvalue weighted by molar-refractivity contribution is 6.30. The quantitative estimate of drug-likeness (QED) is 0.645. The number of amides is 1. The number of aryl methyl sites for hydroxylation is 1. The van der Waals surface area contributed by atoms with Crippen molar-refractivity contribution >= 4 is 17.5 Å². The van der Waals surface area contributed by atoms with E-state index in [1.54, 1.807) is 6.92 Å². The van der Waals surface area contributed by atoms with E-state index in [2.05, 4.69) is 54.1 Å². The topological polar surface area (TPSA) is 25.2 Å². The van der Waals surface area contributed by atoms with Crippen LogP contribution in [0.25, 0.3) is 0 Å². The third-order valence-corrected chi connectivity index (χ3v) is 5.52. The van der Waals surface area contributed by atoms with Crippen LogP contribution in [-0.2, 0) is 17.9 Å². The summed E-state index contributed by atoms with van der Waals surface area (Å²) in [6, 6.07) is 13.1. The van der Waals surface area contributed by atoms with E-state index in [1.807, 2.05) is 4.90 Å². The fourth-order valence-electron chi connectivity index (χ4n) is 3.94. The average Bonchev–Trinajstić information content (AvgIpc) is 3.06. The molecule has 2 aromatic rings. The average molecular weight is 373 g/mol. The minimum Gasteiger partial charge on any atom is -0.345 e. The van der Waals surface area contributed by atoms with Gasteiger partial charge in [0.2, 0.25) is 5.91 Å². The van der Waals surface area contributed by atoms with Crippen molar-refractivity contribution in [1.82, 2.24) is 9.47 Å². The van der Waals surface area contributed by atoms with Gasteiger partial charge in [-0.3, -0.25) is 4.79 Å². The zero-order valence-electron chi connectivity index (χ0n) is 15.8. The summed E-state index contributed by atoms with van der Waals surface area (Å²) in [5.41, 5.74) is 3.72. The summed E-state index contributed by atoms with van der Waals surface area (Å²) in [4.78, 5) is 14.8. The molecule has 1 saturated carbocycles. The number of benzene rings is 1. The van der Waals surface area contributed by atoms with Crippen LogP contribution < -0.4 is 0 Å². The SMILES string of the molecule is Cc1cccc(Cn2cccc2CN(C(=O)[C@H](C)Cl)C2CCCCC2)c1. The lowest BCUT2D eigenvalue weighted by Gasteiger charge is -2.35. The molecule has 1 aliphatic carbocycles. The predicted octanol–water partition coefficient (Wildman–Crippen LogP) is 5.13. The van der Waals surface area contributed by atoms with E-state index in [4.69, 9.17) is 11.6 Å². The zero-order chi connectivity index (χ0) is 18.5. The monoisotopic (exact) mass is 372 g/mol. The van der Waals surface area contributed by atoms with Crippen molar-refractivity contribution in [3.05, 3.63) is 59.4 Å². The van der Waals surface area contributed by atoms with E-state index < -0.39 is 5.38 Å². The predicted molar refractivity (Wildman–Crippen MR) is 107 cm³/mol. The van der Waals surface area contributed by atoms with Gasteiger partial charge in [0.05, 0.1) is 6.54 Å². The summed E-state index contributed by atoms with van der Waals surface area (Å²) in [7, 11) is 0. The molecule has 1 fully saturated rings. The highest BCUT2D eigenvalue weighted by atomic mass is 35.5. The molecule has 0 aliphatic heterocycles. The van der Waals surface area contributed by atoms with E-state index in [0.717, 1.165) is 19.4 Å². The van der Waals surface area contributed by atoms with Crippen LogP contribution in [0.15, 0.2) is 42.6 Å². The molecule has 3 rings (SSSR count). The number of aromatic nitrogens is 1. The second kappa shape index (κ2) is 8.77. The number of nitrogens with zero attached hydrogens (tertiary/aromatic N) is 2. The first-order valence-corrected chi connectivity index (χ1v) is 10.1.